The van der Waals surface area contributed by atoms with Crippen LogP contribution < -0.4 is 14.9 Å². The Morgan fingerprint density at radius 1 is 1.11 bits per heavy atom. The molecular formula is C27H24BrN3O3S2. The van der Waals surface area contributed by atoms with E-state index in [1.54, 1.807) is 6.21 Å². The Hall–Kier alpha value is -3.14. The Balaban J connectivity index is 1.32. The summed E-state index contributed by atoms with van der Waals surface area (Å²) < 4.78 is 13.4. The fourth-order valence-corrected chi connectivity index (χ4v) is 5.40. The van der Waals surface area contributed by atoms with Gasteiger partial charge in [-0.1, -0.05) is 72.4 Å². The molecule has 184 valence electrons. The molecule has 0 saturated heterocycles. The number of benzene rings is 3. The van der Waals surface area contributed by atoms with E-state index in [1.165, 1.54) is 23.1 Å². The number of hydrogen-bond acceptors (Lipinski definition) is 7. The van der Waals surface area contributed by atoms with E-state index >= 15 is 0 Å². The van der Waals surface area contributed by atoms with Gasteiger partial charge in [-0.25, -0.2) is 10.4 Å². The lowest BCUT2D eigenvalue weighted by atomic mass is 10.2. The molecule has 1 heterocycles. The lowest BCUT2D eigenvalue weighted by Crippen LogP contribution is -2.19. The fraction of sp³-hybridized carbons (Fsp3) is 0.148. The molecule has 0 bridgehead atoms. The molecule has 4 aromatic rings. The van der Waals surface area contributed by atoms with E-state index in [0.717, 1.165) is 31.2 Å². The molecule has 36 heavy (non-hydrogen) atoms. The molecule has 1 amide bonds. The number of thiazole rings is 1. The predicted molar refractivity (Wildman–Crippen MR) is 150 cm³/mol. The maximum atomic E-state index is 12.3. The number of aromatic nitrogens is 1. The van der Waals surface area contributed by atoms with Gasteiger partial charge in [-0.15, -0.1) is 11.3 Å². The summed E-state index contributed by atoms with van der Waals surface area (Å²) in [6.45, 7) is 2.83. The second-order valence-electron chi connectivity index (χ2n) is 7.48. The van der Waals surface area contributed by atoms with E-state index in [2.05, 4.69) is 31.4 Å². The standard InChI is InChI=1S/C27H24BrN3O3S2/c1-2-33-24-14-20(13-22(28)26(24)34-16-19-9-5-3-6-10-19)15-29-31-25(32)18-36-27-30-23(17-35-27)21-11-7-4-8-12-21/h3-15,17H,2,16,18H2,1H3,(H,31,32)/b29-15+. The molecule has 6 nitrogen and oxygen atoms in total. The molecule has 0 aliphatic heterocycles. The lowest BCUT2D eigenvalue weighted by molar-refractivity contribution is -0.118. The van der Waals surface area contributed by atoms with Gasteiger partial charge in [0.15, 0.2) is 15.8 Å². The zero-order valence-electron chi connectivity index (χ0n) is 19.5. The van der Waals surface area contributed by atoms with Crippen molar-refractivity contribution < 1.29 is 14.3 Å². The van der Waals surface area contributed by atoms with Crippen molar-refractivity contribution in [2.45, 2.75) is 17.9 Å². The van der Waals surface area contributed by atoms with Crippen molar-refractivity contribution in [2.24, 2.45) is 5.10 Å². The number of hydrogen-bond donors (Lipinski definition) is 1. The van der Waals surface area contributed by atoms with Crippen LogP contribution in [0.15, 0.2) is 92.1 Å². The normalized spacial score (nSPS) is 10.9. The average molecular weight is 583 g/mol. The van der Waals surface area contributed by atoms with Crippen LogP contribution in [0.1, 0.15) is 18.1 Å². The van der Waals surface area contributed by atoms with Gasteiger partial charge in [-0.3, -0.25) is 4.79 Å². The van der Waals surface area contributed by atoms with Crippen LogP contribution in [0, 0.1) is 0 Å². The third-order valence-corrected chi connectivity index (χ3v) is 7.45. The summed E-state index contributed by atoms with van der Waals surface area (Å²) in [4.78, 5) is 16.9. The summed E-state index contributed by atoms with van der Waals surface area (Å²) in [5.41, 5.74) is 6.36. The van der Waals surface area contributed by atoms with Gasteiger partial charge in [0, 0.05) is 10.9 Å². The molecule has 3 aromatic carbocycles. The van der Waals surface area contributed by atoms with E-state index in [4.69, 9.17) is 9.47 Å². The van der Waals surface area contributed by atoms with Crippen molar-refractivity contribution in [1.29, 1.82) is 0 Å². The summed E-state index contributed by atoms with van der Waals surface area (Å²) in [5.74, 6) is 1.24. The smallest absolute Gasteiger partial charge is 0.250 e. The summed E-state index contributed by atoms with van der Waals surface area (Å²) in [7, 11) is 0. The van der Waals surface area contributed by atoms with Crippen molar-refractivity contribution in [1.82, 2.24) is 10.4 Å². The molecule has 0 fully saturated rings. The molecule has 9 heteroatoms. The molecule has 1 N–H and O–H groups in total. The Morgan fingerprint density at radius 3 is 2.61 bits per heavy atom. The average Bonchev–Trinajstić information content (AvgIpc) is 3.38. The molecule has 0 radical (unpaired) electrons. The van der Waals surface area contributed by atoms with Crippen LogP contribution in [-0.2, 0) is 11.4 Å². The third-order valence-electron chi connectivity index (χ3n) is 4.84. The third kappa shape index (κ3) is 7.43. The maximum Gasteiger partial charge on any atom is 0.250 e. The van der Waals surface area contributed by atoms with Crippen molar-refractivity contribution in [3.8, 4) is 22.8 Å². The topological polar surface area (TPSA) is 72.8 Å². The summed E-state index contributed by atoms with van der Waals surface area (Å²) >= 11 is 6.47. The van der Waals surface area contributed by atoms with Crippen LogP contribution in [-0.4, -0.2) is 29.5 Å². The van der Waals surface area contributed by atoms with Gasteiger partial charge in [-0.2, -0.15) is 5.10 Å². The first kappa shape index (κ1) is 25.9. The molecule has 4 rings (SSSR count). The van der Waals surface area contributed by atoms with Crippen LogP contribution >= 0.6 is 39.0 Å². The largest absolute Gasteiger partial charge is 0.490 e. The highest BCUT2D eigenvalue weighted by Gasteiger charge is 2.13. The van der Waals surface area contributed by atoms with Crippen molar-refractivity contribution in [2.75, 3.05) is 12.4 Å². The van der Waals surface area contributed by atoms with E-state index in [9.17, 15) is 4.79 Å². The minimum atomic E-state index is -0.209. The summed E-state index contributed by atoms with van der Waals surface area (Å²) in [6, 6.07) is 23.6. The number of nitrogens with one attached hydrogen (secondary N) is 1. The molecule has 0 spiro atoms. The van der Waals surface area contributed by atoms with Gasteiger partial charge >= 0.3 is 0 Å². The zero-order valence-corrected chi connectivity index (χ0v) is 22.7. The fourth-order valence-electron chi connectivity index (χ4n) is 3.20. The van der Waals surface area contributed by atoms with Gasteiger partial charge in [-0.05, 0) is 46.1 Å². The number of thioether (sulfide) groups is 1. The van der Waals surface area contributed by atoms with E-state index in [-0.39, 0.29) is 11.7 Å². The first-order valence-corrected chi connectivity index (χ1v) is 13.9. The van der Waals surface area contributed by atoms with Crippen molar-refractivity contribution >= 4 is 51.2 Å². The molecular weight excluding hydrogens is 558 g/mol. The van der Waals surface area contributed by atoms with Gasteiger partial charge in [0.1, 0.15) is 6.61 Å². The minimum absolute atomic E-state index is 0.209. The van der Waals surface area contributed by atoms with Crippen molar-refractivity contribution in [3.63, 3.8) is 0 Å². The van der Waals surface area contributed by atoms with Crippen molar-refractivity contribution in [3.05, 3.63) is 93.8 Å². The Labute approximate surface area is 226 Å². The Morgan fingerprint density at radius 2 is 1.86 bits per heavy atom. The van der Waals surface area contributed by atoms with Gasteiger partial charge < -0.3 is 9.47 Å². The summed E-state index contributed by atoms with van der Waals surface area (Å²) in [6.07, 6.45) is 1.58. The van der Waals surface area contributed by atoms with Gasteiger partial charge in [0.05, 0.1) is 28.7 Å². The van der Waals surface area contributed by atoms with Crippen LogP contribution in [0.25, 0.3) is 11.3 Å². The van der Waals surface area contributed by atoms with E-state index in [0.29, 0.717) is 24.7 Å². The zero-order chi connectivity index (χ0) is 25.2. The molecule has 0 aliphatic rings. The van der Waals surface area contributed by atoms with Gasteiger partial charge in [0.25, 0.3) is 5.91 Å². The molecule has 0 atom stereocenters. The minimum Gasteiger partial charge on any atom is -0.490 e. The van der Waals surface area contributed by atoms with Crippen LogP contribution in [0.2, 0.25) is 0 Å². The van der Waals surface area contributed by atoms with Crippen LogP contribution in [0.4, 0.5) is 0 Å². The highest BCUT2D eigenvalue weighted by Crippen LogP contribution is 2.37. The molecule has 1 aromatic heterocycles. The van der Waals surface area contributed by atoms with Gasteiger partial charge in [0.2, 0.25) is 0 Å². The maximum absolute atomic E-state index is 12.3. The van der Waals surface area contributed by atoms with E-state index in [1.807, 2.05) is 85.1 Å². The Kier molecular flexibility index (Phi) is 9.54. The number of carbonyl (C=O) groups is 1. The number of ether oxygens (including phenoxy) is 2. The SMILES string of the molecule is CCOc1cc(/C=N/NC(=O)CSc2nc(-c3ccccc3)cs2)cc(Br)c1OCc1ccccc1. The first-order valence-electron chi connectivity index (χ1n) is 11.2. The van der Waals surface area contributed by atoms with Crippen LogP contribution in [0.3, 0.4) is 0 Å². The highest BCUT2D eigenvalue weighted by atomic mass is 79.9. The lowest BCUT2D eigenvalue weighted by Gasteiger charge is -2.14. The molecule has 0 aliphatic carbocycles. The Bertz CT molecular complexity index is 1310. The van der Waals surface area contributed by atoms with E-state index < -0.39 is 0 Å². The number of rotatable bonds is 11. The first-order chi connectivity index (χ1) is 17.6. The monoisotopic (exact) mass is 581 g/mol. The second kappa shape index (κ2) is 13.2. The van der Waals surface area contributed by atoms with Crippen LogP contribution in [0.5, 0.6) is 11.5 Å². The number of halogens is 1. The quantitative estimate of drug-likeness (QED) is 0.120. The predicted octanol–water partition coefficient (Wildman–Crippen LogP) is 6.79. The highest BCUT2D eigenvalue weighted by molar-refractivity contribution is 9.10. The molecule has 0 unspecified atom stereocenters. The summed E-state index contributed by atoms with van der Waals surface area (Å²) in [5, 5.41) is 6.09. The second-order valence-corrected chi connectivity index (χ2v) is 10.4. The molecule has 0 saturated carbocycles. The number of amides is 1. The number of hydrazone groups is 1. The number of carbonyl (C=O) groups excluding carboxylic acids is 1. The number of nitrogens with zero attached hydrogens (tertiary/aromatic N) is 2.